The lowest BCUT2D eigenvalue weighted by molar-refractivity contribution is -0.123. The molecule has 1 heterocycles. The van der Waals surface area contributed by atoms with Crippen LogP contribution in [0.5, 0.6) is 0 Å². The van der Waals surface area contributed by atoms with Gasteiger partial charge in [-0.05, 0) is 42.3 Å². The Morgan fingerprint density at radius 2 is 2.00 bits per heavy atom. The number of nitrogens with zero attached hydrogens (tertiary/aromatic N) is 2. The molecule has 0 radical (unpaired) electrons. The van der Waals surface area contributed by atoms with E-state index in [2.05, 4.69) is 15.6 Å². The molecule has 1 fully saturated rings. The second-order valence-electron chi connectivity index (χ2n) is 6.47. The quantitative estimate of drug-likeness (QED) is 0.345. The van der Waals surface area contributed by atoms with Crippen LogP contribution in [-0.4, -0.2) is 42.3 Å². The molecule has 2 aromatic carbocycles. The molecule has 0 bridgehead atoms. The Kier molecular flexibility index (Phi) is 7.80. The molecule has 1 aliphatic rings. The molecule has 2 amide bonds. The number of rotatable bonds is 4. The number of carbonyl (C=O) groups is 2. The van der Waals surface area contributed by atoms with Crippen LogP contribution in [-0.2, 0) is 11.3 Å². The van der Waals surface area contributed by atoms with E-state index < -0.39 is 0 Å². The third kappa shape index (κ3) is 5.95. The summed E-state index contributed by atoms with van der Waals surface area (Å²) >= 11 is 0. The van der Waals surface area contributed by atoms with Gasteiger partial charge >= 0.3 is 0 Å². The number of benzene rings is 2. The number of carbonyl (C=O) groups excluding carboxylic acids is 2. The van der Waals surface area contributed by atoms with E-state index >= 15 is 0 Å². The molecule has 28 heavy (non-hydrogen) atoms. The molecule has 4 N–H and O–H groups in total. The van der Waals surface area contributed by atoms with E-state index in [4.69, 9.17) is 5.73 Å². The molecule has 7 nitrogen and oxygen atoms in total. The van der Waals surface area contributed by atoms with Crippen LogP contribution >= 0.6 is 24.0 Å². The standard InChI is InChI=1S/C20H23N5O2.HI/c1-14-3-2-4-17(11-14)24-20(21)23-12-15-5-7-16(8-6-15)19(27)25-10-9-22-18(26)13-25;/h2-8,11H,9-10,12-13H2,1H3,(H,22,26)(H3,21,23,24);1H. The number of guanidine groups is 1. The van der Waals surface area contributed by atoms with Crippen molar-refractivity contribution in [1.29, 1.82) is 0 Å². The first kappa shape index (κ1) is 21.7. The van der Waals surface area contributed by atoms with E-state index in [1.165, 1.54) is 0 Å². The highest BCUT2D eigenvalue weighted by Crippen LogP contribution is 2.11. The highest BCUT2D eigenvalue weighted by atomic mass is 127. The van der Waals surface area contributed by atoms with Crippen molar-refractivity contribution < 1.29 is 9.59 Å². The van der Waals surface area contributed by atoms with Crippen molar-refractivity contribution in [3.63, 3.8) is 0 Å². The molecule has 1 aliphatic heterocycles. The minimum absolute atomic E-state index is 0. The van der Waals surface area contributed by atoms with Crippen LogP contribution in [0, 0.1) is 6.92 Å². The minimum atomic E-state index is -0.138. The van der Waals surface area contributed by atoms with Crippen molar-refractivity contribution in [2.24, 2.45) is 10.7 Å². The van der Waals surface area contributed by atoms with Crippen LogP contribution in [0.4, 0.5) is 5.69 Å². The highest BCUT2D eigenvalue weighted by Gasteiger charge is 2.21. The molecule has 0 saturated carbocycles. The van der Waals surface area contributed by atoms with Crippen LogP contribution in [0.2, 0.25) is 0 Å². The lowest BCUT2D eigenvalue weighted by atomic mass is 10.1. The first-order valence-electron chi connectivity index (χ1n) is 8.80. The predicted molar refractivity (Wildman–Crippen MR) is 121 cm³/mol. The van der Waals surface area contributed by atoms with Crippen molar-refractivity contribution in [3.05, 3.63) is 65.2 Å². The number of aliphatic imine (C=N–C) groups is 1. The summed E-state index contributed by atoms with van der Waals surface area (Å²) in [4.78, 5) is 29.7. The Morgan fingerprint density at radius 1 is 1.25 bits per heavy atom. The topological polar surface area (TPSA) is 99.8 Å². The second-order valence-corrected chi connectivity index (χ2v) is 6.47. The summed E-state index contributed by atoms with van der Waals surface area (Å²) in [6.07, 6.45) is 0. The zero-order chi connectivity index (χ0) is 19.2. The average Bonchev–Trinajstić information content (AvgIpc) is 2.66. The minimum Gasteiger partial charge on any atom is -0.370 e. The van der Waals surface area contributed by atoms with E-state index in [1.54, 1.807) is 17.0 Å². The average molecular weight is 493 g/mol. The summed E-state index contributed by atoms with van der Waals surface area (Å²) in [5, 5.41) is 5.77. The maximum atomic E-state index is 12.4. The largest absolute Gasteiger partial charge is 0.370 e. The summed E-state index contributed by atoms with van der Waals surface area (Å²) in [5.41, 5.74) is 9.46. The monoisotopic (exact) mass is 493 g/mol. The van der Waals surface area contributed by atoms with Gasteiger partial charge < -0.3 is 21.3 Å². The molecule has 8 heteroatoms. The van der Waals surface area contributed by atoms with Gasteiger partial charge in [-0.3, -0.25) is 9.59 Å². The van der Waals surface area contributed by atoms with E-state index in [0.717, 1.165) is 16.8 Å². The smallest absolute Gasteiger partial charge is 0.254 e. The van der Waals surface area contributed by atoms with Gasteiger partial charge in [-0.15, -0.1) is 24.0 Å². The van der Waals surface area contributed by atoms with Gasteiger partial charge in [-0.1, -0.05) is 24.3 Å². The SMILES string of the molecule is Cc1cccc(NC(N)=NCc2ccc(C(=O)N3CCNC(=O)C3)cc2)c1.I. The number of anilines is 1. The molecular weight excluding hydrogens is 469 g/mol. The fraction of sp³-hybridized carbons (Fsp3) is 0.250. The number of nitrogens with one attached hydrogen (secondary N) is 2. The van der Waals surface area contributed by atoms with Crippen molar-refractivity contribution >= 4 is 47.4 Å². The van der Waals surface area contributed by atoms with E-state index in [0.29, 0.717) is 31.2 Å². The molecule has 0 spiro atoms. The summed E-state index contributed by atoms with van der Waals surface area (Å²) in [6, 6.07) is 15.1. The van der Waals surface area contributed by atoms with Gasteiger partial charge in [0.05, 0.1) is 13.1 Å². The third-order valence-corrected chi connectivity index (χ3v) is 4.25. The van der Waals surface area contributed by atoms with E-state index in [-0.39, 0.29) is 42.3 Å². The molecule has 3 rings (SSSR count). The van der Waals surface area contributed by atoms with Crippen molar-refractivity contribution in [2.45, 2.75) is 13.5 Å². The fourth-order valence-corrected chi connectivity index (χ4v) is 2.83. The van der Waals surface area contributed by atoms with Crippen molar-refractivity contribution in [1.82, 2.24) is 10.2 Å². The van der Waals surface area contributed by atoms with Gasteiger partial charge in [0.1, 0.15) is 0 Å². The molecule has 0 unspecified atom stereocenters. The maximum Gasteiger partial charge on any atom is 0.254 e. The highest BCUT2D eigenvalue weighted by molar-refractivity contribution is 14.0. The van der Waals surface area contributed by atoms with Gasteiger partial charge in [0.15, 0.2) is 5.96 Å². The van der Waals surface area contributed by atoms with Gasteiger partial charge in [-0.25, -0.2) is 4.99 Å². The second kappa shape index (κ2) is 10.1. The first-order chi connectivity index (χ1) is 13.0. The Bertz CT molecular complexity index is 867. The molecule has 1 saturated heterocycles. The lowest BCUT2D eigenvalue weighted by Gasteiger charge is -2.26. The number of aryl methyl sites for hydroxylation is 1. The van der Waals surface area contributed by atoms with Crippen LogP contribution in [0.15, 0.2) is 53.5 Å². The third-order valence-electron chi connectivity index (χ3n) is 4.25. The van der Waals surface area contributed by atoms with Gasteiger partial charge in [0.25, 0.3) is 5.91 Å². The number of nitrogens with two attached hydrogens (primary N) is 1. The van der Waals surface area contributed by atoms with Crippen LogP contribution in [0.1, 0.15) is 21.5 Å². The molecule has 0 atom stereocenters. The zero-order valence-electron chi connectivity index (χ0n) is 15.6. The molecule has 2 aromatic rings. The fourth-order valence-electron chi connectivity index (χ4n) is 2.83. The van der Waals surface area contributed by atoms with Gasteiger partial charge in [0, 0.05) is 24.3 Å². The Balaban J connectivity index is 0.00000280. The van der Waals surface area contributed by atoms with Crippen molar-refractivity contribution in [3.8, 4) is 0 Å². The predicted octanol–water partition coefficient (Wildman–Crippen LogP) is 2.11. The molecular formula is C20H24IN5O2. The summed E-state index contributed by atoms with van der Waals surface area (Å²) < 4.78 is 0. The summed E-state index contributed by atoms with van der Waals surface area (Å²) in [7, 11) is 0. The van der Waals surface area contributed by atoms with Crippen LogP contribution in [0.3, 0.4) is 0 Å². The first-order valence-corrected chi connectivity index (χ1v) is 8.80. The number of hydrogen-bond donors (Lipinski definition) is 3. The van der Waals surface area contributed by atoms with Gasteiger partial charge in [0.2, 0.25) is 5.91 Å². The Labute approximate surface area is 181 Å². The number of piperazine rings is 1. The lowest BCUT2D eigenvalue weighted by Crippen LogP contribution is -2.49. The molecule has 148 valence electrons. The molecule has 0 aliphatic carbocycles. The zero-order valence-corrected chi connectivity index (χ0v) is 18.0. The molecule has 0 aromatic heterocycles. The number of hydrogen-bond acceptors (Lipinski definition) is 3. The Hall–Kier alpha value is -2.62. The Morgan fingerprint density at radius 3 is 2.68 bits per heavy atom. The van der Waals surface area contributed by atoms with Crippen LogP contribution in [0.25, 0.3) is 0 Å². The normalized spacial score (nSPS) is 14.1. The maximum absolute atomic E-state index is 12.4. The van der Waals surface area contributed by atoms with E-state index in [1.807, 2.05) is 43.3 Å². The van der Waals surface area contributed by atoms with Crippen LogP contribution < -0.4 is 16.4 Å². The van der Waals surface area contributed by atoms with E-state index in [9.17, 15) is 9.59 Å². The number of halogens is 1. The summed E-state index contributed by atoms with van der Waals surface area (Å²) in [6.45, 7) is 3.54. The van der Waals surface area contributed by atoms with Gasteiger partial charge in [-0.2, -0.15) is 0 Å². The number of amides is 2. The summed E-state index contributed by atoms with van der Waals surface area (Å²) in [5.74, 6) is 0.0674. The van der Waals surface area contributed by atoms with Crippen molar-refractivity contribution in [2.75, 3.05) is 25.0 Å².